The number of imide groups is 1. The standard InChI is InChI=1S/C16H12BrNO2S2/c1-10-5-6-21-13(10)8-14-15(19)18(16(20)22-14)9-11-3-2-4-12(17)7-11/h2-8H,9H2,1H3/b14-8+. The van der Waals surface area contributed by atoms with Crippen LogP contribution in [-0.2, 0) is 11.3 Å². The van der Waals surface area contributed by atoms with Crippen molar-refractivity contribution in [2.75, 3.05) is 0 Å². The SMILES string of the molecule is Cc1ccsc1/C=C1/SC(=O)N(Cc2cccc(Br)c2)C1=O. The highest BCUT2D eigenvalue weighted by Crippen LogP contribution is 2.34. The summed E-state index contributed by atoms with van der Waals surface area (Å²) in [7, 11) is 0. The number of hydrogen-bond acceptors (Lipinski definition) is 4. The van der Waals surface area contributed by atoms with Crippen molar-refractivity contribution in [3.05, 3.63) is 61.1 Å². The highest BCUT2D eigenvalue weighted by molar-refractivity contribution is 9.10. The zero-order valence-electron chi connectivity index (χ0n) is 11.7. The van der Waals surface area contributed by atoms with E-state index in [0.29, 0.717) is 11.4 Å². The lowest BCUT2D eigenvalue weighted by Crippen LogP contribution is -2.27. The molecule has 0 aliphatic carbocycles. The maximum atomic E-state index is 12.5. The monoisotopic (exact) mass is 393 g/mol. The minimum absolute atomic E-state index is 0.217. The number of halogens is 1. The van der Waals surface area contributed by atoms with Crippen molar-refractivity contribution in [3.63, 3.8) is 0 Å². The van der Waals surface area contributed by atoms with Crippen molar-refractivity contribution < 1.29 is 9.59 Å². The topological polar surface area (TPSA) is 37.4 Å². The number of thioether (sulfide) groups is 1. The second-order valence-corrected chi connectivity index (χ2v) is 7.72. The van der Waals surface area contributed by atoms with Gasteiger partial charge in [0.05, 0.1) is 11.4 Å². The summed E-state index contributed by atoms with van der Waals surface area (Å²) in [5.74, 6) is -0.220. The quantitative estimate of drug-likeness (QED) is 0.684. The first-order chi connectivity index (χ1) is 10.5. The predicted molar refractivity (Wildman–Crippen MR) is 94.7 cm³/mol. The summed E-state index contributed by atoms with van der Waals surface area (Å²) in [6.45, 7) is 2.29. The largest absolute Gasteiger partial charge is 0.293 e. The third kappa shape index (κ3) is 3.19. The maximum Gasteiger partial charge on any atom is 0.293 e. The van der Waals surface area contributed by atoms with Gasteiger partial charge in [-0.25, -0.2) is 0 Å². The van der Waals surface area contributed by atoms with E-state index >= 15 is 0 Å². The zero-order chi connectivity index (χ0) is 15.7. The van der Waals surface area contributed by atoms with Crippen LogP contribution in [0.3, 0.4) is 0 Å². The van der Waals surface area contributed by atoms with Crippen LogP contribution < -0.4 is 0 Å². The molecule has 2 heterocycles. The van der Waals surface area contributed by atoms with E-state index in [-0.39, 0.29) is 11.1 Å². The Morgan fingerprint density at radius 3 is 2.77 bits per heavy atom. The molecule has 0 N–H and O–H groups in total. The fourth-order valence-electron chi connectivity index (χ4n) is 2.11. The molecule has 2 aromatic rings. The van der Waals surface area contributed by atoms with E-state index in [1.807, 2.05) is 48.7 Å². The number of aryl methyl sites for hydroxylation is 1. The van der Waals surface area contributed by atoms with E-state index in [9.17, 15) is 9.59 Å². The lowest BCUT2D eigenvalue weighted by molar-refractivity contribution is -0.123. The van der Waals surface area contributed by atoms with Crippen molar-refractivity contribution >= 4 is 56.3 Å². The Hall–Kier alpha value is -1.37. The van der Waals surface area contributed by atoms with Gasteiger partial charge in [0.1, 0.15) is 0 Å². The minimum Gasteiger partial charge on any atom is -0.268 e. The Morgan fingerprint density at radius 1 is 1.27 bits per heavy atom. The highest BCUT2D eigenvalue weighted by Gasteiger charge is 2.35. The molecule has 1 aromatic carbocycles. The smallest absolute Gasteiger partial charge is 0.268 e. The van der Waals surface area contributed by atoms with Crippen LogP contribution in [0.25, 0.3) is 6.08 Å². The van der Waals surface area contributed by atoms with Gasteiger partial charge in [0.25, 0.3) is 11.1 Å². The highest BCUT2D eigenvalue weighted by atomic mass is 79.9. The minimum atomic E-state index is -0.220. The molecule has 0 radical (unpaired) electrons. The Bertz CT molecular complexity index is 782. The first-order valence-corrected chi connectivity index (χ1v) is 9.07. The molecule has 0 bridgehead atoms. The fourth-order valence-corrected chi connectivity index (χ4v) is 4.31. The Kier molecular flexibility index (Phi) is 4.52. The molecule has 0 atom stereocenters. The van der Waals surface area contributed by atoms with Crippen LogP contribution >= 0.6 is 39.0 Å². The summed E-state index contributed by atoms with van der Waals surface area (Å²) in [5, 5.41) is 1.76. The van der Waals surface area contributed by atoms with Gasteiger partial charge in [-0.3, -0.25) is 14.5 Å². The first-order valence-electron chi connectivity index (χ1n) is 6.58. The van der Waals surface area contributed by atoms with Gasteiger partial charge < -0.3 is 0 Å². The third-order valence-corrected chi connectivity index (χ3v) is 5.63. The average Bonchev–Trinajstić information content (AvgIpc) is 2.98. The van der Waals surface area contributed by atoms with Crippen molar-refractivity contribution in [1.29, 1.82) is 0 Å². The van der Waals surface area contributed by atoms with Gasteiger partial charge in [0, 0.05) is 9.35 Å². The molecule has 3 nitrogen and oxygen atoms in total. The van der Waals surface area contributed by atoms with Crippen LogP contribution in [0.1, 0.15) is 16.0 Å². The van der Waals surface area contributed by atoms with Crippen LogP contribution in [0.15, 0.2) is 45.1 Å². The van der Waals surface area contributed by atoms with E-state index in [1.54, 1.807) is 11.3 Å². The Balaban J connectivity index is 1.83. The molecule has 1 fully saturated rings. The summed E-state index contributed by atoms with van der Waals surface area (Å²) in [5.41, 5.74) is 2.04. The van der Waals surface area contributed by atoms with Gasteiger partial charge in [0.15, 0.2) is 0 Å². The summed E-state index contributed by atoms with van der Waals surface area (Å²) in [6.07, 6.45) is 1.81. The molecule has 22 heavy (non-hydrogen) atoms. The maximum absolute atomic E-state index is 12.5. The van der Waals surface area contributed by atoms with E-state index in [0.717, 1.165) is 32.2 Å². The number of thiophene rings is 1. The van der Waals surface area contributed by atoms with E-state index in [1.165, 1.54) is 4.90 Å². The summed E-state index contributed by atoms with van der Waals surface area (Å²) >= 11 is 5.97. The van der Waals surface area contributed by atoms with Crippen LogP contribution in [0.4, 0.5) is 4.79 Å². The molecule has 112 valence electrons. The van der Waals surface area contributed by atoms with Gasteiger partial charge in [-0.05, 0) is 59.5 Å². The van der Waals surface area contributed by atoms with Crippen molar-refractivity contribution in [1.82, 2.24) is 4.90 Å². The Labute approximate surface area is 145 Å². The molecule has 0 spiro atoms. The molecule has 3 rings (SSSR count). The summed E-state index contributed by atoms with van der Waals surface area (Å²) < 4.78 is 0.932. The second kappa shape index (κ2) is 6.40. The summed E-state index contributed by atoms with van der Waals surface area (Å²) in [4.78, 5) is 27.4. The van der Waals surface area contributed by atoms with Crippen molar-refractivity contribution in [3.8, 4) is 0 Å². The lowest BCUT2D eigenvalue weighted by atomic mass is 10.2. The van der Waals surface area contributed by atoms with Crippen LogP contribution in [0.2, 0.25) is 0 Å². The van der Waals surface area contributed by atoms with Crippen LogP contribution in [-0.4, -0.2) is 16.0 Å². The number of amides is 2. The number of carbonyl (C=O) groups excluding carboxylic acids is 2. The Morgan fingerprint density at radius 2 is 2.09 bits per heavy atom. The van der Waals surface area contributed by atoms with Crippen molar-refractivity contribution in [2.24, 2.45) is 0 Å². The molecule has 6 heteroatoms. The van der Waals surface area contributed by atoms with Gasteiger partial charge in [-0.15, -0.1) is 11.3 Å². The van der Waals surface area contributed by atoms with Crippen molar-refractivity contribution in [2.45, 2.75) is 13.5 Å². The first kappa shape index (κ1) is 15.5. The number of carbonyl (C=O) groups is 2. The zero-order valence-corrected chi connectivity index (χ0v) is 14.9. The van der Waals surface area contributed by atoms with Gasteiger partial charge in [-0.1, -0.05) is 28.1 Å². The van der Waals surface area contributed by atoms with Gasteiger partial charge in [-0.2, -0.15) is 0 Å². The third-order valence-electron chi connectivity index (χ3n) is 3.27. The molecule has 2 amide bonds. The molecular formula is C16H12BrNO2S2. The van der Waals surface area contributed by atoms with E-state index in [2.05, 4.69) is 15.9 Å². The molecule has 1 aromatic heterocycles. The summed E-state index contributed by atoms with van der Waals surface area (Å²) in [6, 6.07) is 9.62. The predicted octanol–water partition coefficient (Wildman–Crippen LogP) is 5.06. The molecule has 0 unspecified atom stereocenters. The van der Waals surface area contributed by atoms with Gasteiger partial charge in [0.2, 0.25) is 0 Å². The molecular weight excluding hydrogens is 382 g/mol. The number of benzene rings is 1. The normalized spacial score (nSPS) is 16.8. The fraction of sp³-hybridized carbons (Fsp3) is 0.125. The van der Waals surface area contributed by atoms with Crippen LogP contribution in [0, 0.1) is 6.92 Å². The van der Waals surface area contributed by atoms with E-state index < -0.39 is 0 Å². The van der Waals surface area contributed by atoms with Crippen LogP contribution in [0.5, 0.6) is 0 Å². The van der Waals surface area contributed by atoms with E-state index in [4.69, 9.17) is 0 Å². The molecule has 1 saturated heterocycles. The lowest BCUT2D eigenvalue weighted by Gasteiger charge is -2.12. The second-order valence-electron chi connectivity index (χ2n) is 4.87. The average molecular weight is 394 g/mol. The number of hydrogen-bond donors (Lipinski definition) is 0. The molecule has 0 saturated carbocycles. The van der Waals surface area contributed by atoms with Gasteiger partial charge >= 0.3 is 0 Å². The molecule has 1 aliphatic rings. The number of nitrogens with zero attached hydrogens (tertiary/aromatic N) is 1. The number of rotatable bonds is 3. The molecule has 1 aliphatic heterocycles.